The van der Waals surface area contributed by atoms with E-state index in [9.17, 15) is 27.2 Å². The molecule has 2 amide bonds. The van der Waals surface area contributed by atoms with Gasteiger partial charge in [0.05, 0.1) is 11.1 Å². The number of hydrogen-bond acceptors (Lipinski definition) is 4. The number of halogens is 4. The Labute approximate surface area is 183 Å². The highest BCUT2D eigenvalue weighted by atomic mass is 19.2. The maximum absolute atomic E-state index is 13.9. The third kappa shape index (κ3) is 5.00. The van der Waals surface area contributed by atoms with E-state index in [-0.39, 0.29) is 19.0 Å². The van der Waals surface area contributed by atoms with Crippen molar-refractivity contribution in [2.75, 3.05) is 37.6 Å². The standard InChI is InChI=1S/C22H24F4N4O2/c1-3-13(2)11-28-21(31)14-4-5-17(27-12-14)29-6-8-30(9-7-29)22(32)15-10-16(23)19(25)20(26)18(15)24/h4-5,10,12-13H,3,6-9,11H2,1-2H3,(H,28,31). The van der Waals surface area contributed by atoms with Crippen molar-refractivity contribution in [1.29, 1.82) is 0 Å². The van der Waals surface area contributed by atoms with Crippen molar-refractivity contribution < 1.29 is 27.2 Å². The van der Waals surface area contributed by atoms with E-state index >= 15 is 0 Å². The van der Waals surface area contributed by atoms with Crippen LogP contribution in [0.25, 0.3) is 0 Å². The predicted molar refractivity (Wildman–Crippen MR) is 110 cm³/mol. The first kappa shape index (κ1) is 23.5. The number of nitrogens with one attached hydrogen (secondary N) is 1. The first-order valence-corrected chi connectivity index (χ1v) is 10.3. The summed E-state index contributed by atoms with van der Waals surface area (Å²) < 4.78 is 53.9. The summed E-state index contributed by atoms with van der Waals surface area (Å²) in [6, 6.07) is 3.72. The second kappa shape index (κ2) is 9.97. The predicted octanol–water partition coefficient (Wildman–Crippen LogP) is 3.38. The van der Waals surface area contributed by atoms with Gasteiger partial charge >= 0.3 is 0 Å². The summed E-state index contributed by atoms with van der Waals surface area (Å²) in [5, 5.41) is 2.85. The molecule has 0 radical (unpaired) electrons. The number of hydrogen-bond donors (Lipinski definition) is 1. The van der Waals surface area contributed by atoms with Gasteiger partial charge in [-0.05, 0) is 24.1 Å². The maximum Gasteiger partial charge on any atom is 0.257 e. The number of aromatic nitrogens is 1. The number of piperazine rings is 1. The summed E-state index contributed by atoms with van der Waals surface area (Å²) in [6.07, 6.45) is 2.43. The lowest BCUT2D eigenvalue weighted by molar-refractivity contribution is 0.0739. The lowest BCUT2D eigenvalue weighted by atomic mass is 10.1. The number of pyridine rings is 1. The van der Waals surface area contributed by atoms with Gasteiger partial charge in [-0.1, -0.05) is 20.3 Å². The van der Waals surface area contributed by atoms with E-state index in [1.165, 1.54) is 11.1 Å². The lowest BCUT2D eigenvalue weighted by Crippen LogP contribution is -2.49. The summed E-state index contributed by atoms with van der Waals surface area (Å²) >= 11 is 0. The lowest BCUT2D eigenvalue weighted by Gasteiger charge is -2.35. The van der Waals surface area contributed by atoms with Crippen molar-refractivity contribution >= 4 is 17.6 Å². The molecule has 1 saturated heterocycles. The van der Waals surface area contributed by atoms with Crippen LogP contribution in [-0.4, -0.2) is 54.4 Å². The van der Waals surface area contributed by atoms with Gasteiger partial charge in [0, 0.05) is 38.9 Å². The smallest absolute Gasteiger partial charge is 0.257 e. The minimum absolute atomic E-state index is 0.151. The minimum atomic E-state index is -2.01. The summed E-state index contributed by atoms with van der Waals surface area (Å²) in [4.78, 5) is 32.1. The molecule has 32 heavy (non-hydrogen) atoms. The summed E-state index contributed by atoms with van der Waals surface area (Å²) in [5.41, 5.74) is -0.414. The van der Waals surface area contributed by atoms with Crippen LogP contribution in [0.15, 0.2) is 24.4 Å². The fraction of sp³-hybridized carbons (Fsp3) is 0.409. The normalized spacial score (nSPS) is 14.9. The van der Waals surface area contributed by atoms with E-state index in [1.54, 1.807) is 12.1 Å². The molecule has 1 aliphatic heterocycles. The topological polar surface area (TPSA) is 65.5 Å². The number of carbonyl (C=O) groups is 2. The highest BCUT2D eigenvalue weighted by Crippen LogP contribution is 2.21. The van der Waals surface area contributed by atoms with Gasteiger partial charge in [0.1, 0.15) is 5.82 Å². The van der Waals surface area contributed by atoms with E-state index in [0.717, 1.165) is 6.42 Å². The highest BCUT2D eigenvalue weighted by Gasteiger charge is 2.28. The molecule has 172 valence electrons. The van der Waals surface area contributed by atoms with Gasteiger partial charge in [-0.25, -0.2) is 22.5 Å². The molecule has 0 saturated carbocycles. The fourth-order valence-corrected chi connectivity index (χ4v) is 3.26. The first-order valence-electron chi connectivity index (χ1n) is 10.3. The number of carbonyl (C=O) groups excluding carboxylic acids is 2. The van der Waals surface area contributed by atoms with Gasteiger partial charge < -0.3 is 15.1 Å². The van der Waals surface area contributed by atoms with Crippen molar-refractivity contribution in [2.24, 2.45) is 5.92 Å². The third-order valence-corrected chi connectivity index (χ3v) is 5.54. The Hall–Kier alpha value is -3.17. The molecule has 1 aromatic heterocycles. The van der Waals surface area contributed by atoms with Gasteiger partial charge in [0.15, 0.2) is 23.3 Å². The van der Waals surface area contributed by atoms with E-state index < -0.39 is 34.7 Å². The molecule has 0 bridgehead atoms. The highest BCUT2D eigenvalue weighted by molar-refractivity contribution is 5.95. The van der Waals surface area contributed by atoms with Gasteiger partial charge in [-0.2, -0.15) is 0 Å². The zero-order chi connectivity index (χ0) is 23.4. The van der Waals surface area contributed by atoms with Crippen LogP contribution in [0.2, 0.25) is 0 Å². The molecule has 2 heterocycles. The molecule has 3 rings (SSSR count). The van der Waals surface area contributed by atoms with Crippen LogP contribution in [-0.2, 0) is 0 Å². The number of anilines is 1. The molecule has 1 unspecified atom stereocenters. The zero-order valence-electron chi connectivity index (χ0n) is 17.8. The maximum atomic E-state index is 13.9. The van der Waals surface area contributed by atoms with Crippen molar-refractivity contribution in [3.63, 3.8) is 0 Å². The monoisotopic (exact) mass is 452 g/mol. The Morgan fingerprint density at radius 3 is 2.34 bits per heavy atom. The Kier molecular flexibility index (Phi) is 7.32. The largest absolute Gasteiger partial charge is 0.353 e. The van der Waals surface area contributed by atoms with Crippen LogP contribution in [0.3, 0.4) is 0 Å². The number of nitrogens with zero attached hydrogens (tertiary/aromatic N) is 3. The number of amides is 2. The van der Waals surface area contributed by atoms with Gasteiger partial charge in [0.2, 0.25) is 0 Å². The summed E-state index contributed by atoms with van der Waals surface area (Å²) in [7, 11) is 0. The van der Waals surface area contributed by atoms with Crippen LogP contribution in [0.1, 0.15) is 41.0 Å². The molecule has 1 aromatic carbocycles. The van der Waals surface area contributed by atoms with E-state index in [0.29, 0.717) is 43.0 Å². The third-order valence-electron chi connectivity index (χ3n) is 5.54. The van der Waals surface area contributed by atoms with Crippen LogP contribution >= 0.6 is 0 Å². The molecule has 0 spiro atoms. The quantitative estimate of drug-likeness (QED) is 0.415. The number of benzene rings is 1. The molecule has 2 aromatic rings. The molecule has 1 fully saturated rings. The average molecular weight is 452 g/mol. The Morgan fingerprint density at radius 1 is 1.06 bits per heavy atom. The van der Waals surface area contributed by atoms with Gasteiger partial charge in [0.25, 0.3) is 11.8 Å². The molecule has 10 heteroatoms. The Balaban J connectivity index is 1.60. The van der Waals surface area contributed by atoms with E-state index in [4.69, 9.17) is 0 Å². The Morgan fingerprint density at radius 2 is 1.75 bits per heavy atom. The second-order valence-corrected chi connectivity index (χ2v) is 7.76. The first-order chi connectivity index (χ1) is 15.2. The fourth-order valence-electron chi connectivity index (χ4n) is 3.26. The van der Waals surface area contributed by atoms with Crippen LogP contribution < -0.4 is 10.2 Å². The molecule has 1 aliphatic rings. The molecular formula is C22H24F4N4O2. The van der Waals surface area contributed by atoms with Crippen molar-refractivity contribution in [3.05, 3.63) is 58.8 Å². The zero-order valence-corrected chi connectivity index (χ0v) is 17.8. The van der Waals surface area contributed by atoms with Gasteiger partial charge in [-0.3, -0.25) is 9.59 Å². The van der Waals surface area contributed by atoms with Crippen molar-refractivity contribution in [2.45, 2.75) is 20.3 Å². The molecule has 1 atom stereocenters. The van der Waals surface area contributed by atoms with E-state index in [2.05, 4.69) is 10.3 Å². The minimum Gasteiger partial charge on any atom is -0.353 e. The molecule has 1 N–H and O–H groups in total. The molecule has 6 nitrogen and oxygen atoms in total. The molecule has 0 aliphatic carbocycles. The second-order valence-electron chi connectivity index (χ2n) is 7.76. The van der Waals surface area contributed by atoms with Gasteiger partial charge in [-0.15, -0.1) is 0 Å². The van der Waals surface area contributed by atoms with E-state index in [1.807, 2.05) is 18.7 Å². The average Bonchev–Trinajstić information content (AvgIpc) is 2.83. The molecular weight excluding hydrogens is 428 g/mol. The van der Waals surface area contributed by atoms with Crippen LogP contribution in [0.4, 0.5) is 23.4 Å². The number of rotatable bonds is 6. The summed E-state index contributed by atoms with van der Waals surface area (Å²) in [6.45, 7) is 5.65. The summed E-state index contributed by atoms with van der Waals surface area (Å²) in [5.74, 6) is -7.44. The Bertz CT molecular complexity index is 992. The van der Waals surface area contributed by atoms with Crippen molar-refractivity contribution in [3.8, 4) is 0 Å². The van der Waals surface area contributed by atoms with Crippen LogP contribution in [0, 0.1) is 29.2 Å². The SMILES string of the molecule is CCC(C)CNC(=O)c1ccc(N2CCN(C(=O)c3cc(F)c(F)c(F)c3F)CC2)nc1. The van der Waals surface area contributed by atoms with Crippen molar-refractivity contribution in [1.82, 2.24) is 15.2 Å². The van der Waals surface area contributed by atoms with Crippen LogP contribution in [0.5, 0.6) is 0 Å².